The lowest BCUT2D eigenvalue weighted by atomic mass is 10.0. The summed E-state index contributed by atoms with van der Waals surface area (Å²) in [4.78, 5) is 12.2. The molecule has 3 nitrogen and oxygen atoms in total. The van der Waals surface area contributed by atoms with E-state index in [0.29, 0.717) is 12.2 Å². The van der Waals surface area contributed by atoms with Crippen LogP contribution in [0.5, 0.6) is 5.75 Å². The van der Waals surface area contributed by atoms with Crippen molar-refractivity contribution in [3.63, 3.8) is 0 Å². The number of hydrogen-bond donors (Lipinski definition) is 1. The standard InChI is InChI=1S/C16H15NO2/c18-15(11-17-13-6-2-1-3-7-13)14-8-4-5-12-9-10-19-16(12)14/h1-8,17H,9-11H2. The number of anilines is 1. The SMILES string of the molecule is O=C(CNc1ccccc1)c1cccc2c1OCC2. The van der Waals surface area contributed by atoms with E-state index in [4.69, 9.17) is 4.74 Å². The summed E-state index contributed by atoms with van der Waals surface area (Å²) in [5.74, 6) is 0.824. The van der Waals surface area contributed by atoms with Crippen molar-refractivity contribution in [3.8, 4) is 5.75 Å². The highest BCUT2D eigenvalue weighted by Gasteiger charge is 2.19. The molecule has 0 aromatic heterocycles. The normalized spacial score (nSPS) is 12.6. The number of fused-ring (bicyclic) bond motifs is 1. The predicted octanol–water partition coefficient (Wildman–Crippen LogP) is 2.92. The van der Waals surface area contributed by atoms with E-state index in [1.807, 2.05) is 48.5 Å². The summed E-state index contributed by atoms with van der Waals surface area (Å²) in [6.45, 7) is 0.954. The number of benzene rings is 2. The largest absolute Gasteiger partial charge is 0.492 e. The summed E-state index contributed by atoms with van der Waals surface area (Å²) in [5.41, 5.74) is 2.76. The quantitative estimate of drug-likeness (QED) is 0.851. The minimum Gasteiger partial charge on any atom is -0.492 e. The Labute approximate surface area is 112 Å². The number of carbonyl (C=O) groups is 1. The highest BCUT2D eigenvalue weighted by molar-refractivity contribution is 6.01. The molecule has 0 radical (unpaired) electrons. The maximum Gasteiger partial charge on any atom is 0.185 e. The molecule has 0 spiro atoms. The molecular weight excluding hydrogens is 238 g/mol. The Hall–Kier alpha value is -2.29. The van der Waals surface area contributed by atoms with E-state index in [0.717, 1.165) is 23.4 Å². The minimum absolute atomic E-state index is 0.0580. The molecule has 0 fully saturated rings. The molecule has 0 saturated heterocycles. The average Bonchev–Trinajstić information content (AvgIpc) is 2.94. The van der Waals surface area contributed by atoms with Gasteiger partial charge in [-0.3, -0.25) is 4.79 Å². The molecule has 1 heterocycles. The number of hydrogen-bond acceptors (Lipinski definition) is 3. The first kappa shape index (κ1) is 11.8. The van der Waals surface area contributed by atoms with Gasteiger partial charge < -0.3 is 10.1 Å². The summed E-state index contributed by atoms with van der Waals surface area (Å²) < 4.78 is 5.55. The molecule has 0 bridgehead atoms. The van der Waals surface area contributed by atoms with Gasteiger partial charge in [0.1, 0.15) is 5.75 Å². The van der Waals surface area contributed by atoms with Crippen molar-refractivity contribution in [3.05, 3.63) is 59.7 Å². The van der Waals surface area contributed by atoms with Gasteiger partial charge in [0, 0.05) is 12.1 Å². The monoisotopic (exact) mass is 253 g/mol. The van der Waals surface area contributed by atoms with Gasteiger partial charge in [-0.1, -0.05) is 30.3 Å². The van der Waals surface area contributed by atoms with Crippen LogP contribution in [0.1, 0.15) is 15.9 Å². The van der Waals surface area contributed by atoms with Crippen LogP contribution in [-0.2, 0) is 6.42 Å². The molecule has 96 valence electrons. The van der Waals surface area contributed by atoms with Gasteiger partial charge in [-0.15, -0.1) is 0 Å². The number of carbonyl (C=O) groups excluding carboxylic acids is 1. The fourth-order valence-electron chi connectivity index (χ4n) is 2.27. The second-order valence-electron chi connectivity index (χ2n) is 4.54. The Morgan fingerprint density at radius 1 is 1.11 bits per heavy atom. The molecule has 0 saturated carbocycles. The Morgan fingerprint density at radius 3 is 2.79 bits per heavy atom. The first-order chi connectivity index (χ1) is 9.34. The third-order valence-corrected chi connectivity index (χ3v) is 3.24. The molecule has 2 aromatic carbocycles. The molecule has 0 amide bonds. The summed E-state index contributed by atoms with van der Waals surface area (Å²) in [5, 5.41) is 3.13. The lowest BCUT2D eigenvalue weighted by Crippen LogP contribution is -2.14. The van der Waals surface area contributed by atoms with Gasteiger partial charge in [0.25, 0.3) is 0 Å². The van der Waals surface area contributed by atoms with Gasteiger partial charge in [0.2, 0.25) is 0 Å². The average molecular weight is 253 g/mol. The van der Waals surface area contributed by atoms with E-state index in [2.05, 4.69) is 5.32 Å². The Balaban J connectivity index is 1.73. The second kappa shape index (κ2) is 5.14. The van der Waals surface area contributed by atoms with Gasteiger partial charge >= 0.3 is 0 Å². The Bertz CT molecular complexity index is 593. The van der Waals surface area contributed by atoms with Crippen LogP contribution in [0.25, 0.3) is 0 Å². The molecule has 0 unspecified atom stereocenters. The van der Waals surface area contributed by atoms with Crippen LogP contribution in [-0.4, -0.2) is 18.9 Å². The first-order valence-corrected chi connectivity index (χ1v) is 6.41. The van der Waals surface area contributed by atoms with Crippen LogP contribution in [0.4, 0.5) is 5.69 Å². The van der Waals surface area contributed by atoms with Crippen molar-refractivity contribution >= 4 is 11.5 Å². The van der Waals surface area contributed by atoms with E-state index in [1.165, 1.54) is 0 Å². The Morgan fingerprint density at radius 2 is 1.95 bits per heavy atom. The minimum atomic E-state index is 0.0580. The predicted molar refractivity (Wildman–Crippen MR) is 74.9 cm³/mol. The zero-order valence-electron chi connectivity index (χ0n) is 10.6. The van der Waals surface area contributed by atoms with E-state index in [-0.39, 0.29) is 12.3 Å². The van der Waals surface area contributed by atoms with Crippen molar-refractivity contribution < 1.29 is 9.53 Å². The van der Waals surface area contributed by atoms with E-state index in [1.54, 1.807) is 0 Å². The lowest BCUT2D eigenvalue weighted by Gasteiger charge is -2.08. The van der Waals surface area contributed by atoms with Crippen molar-refractivity contribution in [2.24, 2.45) is 0 Å². The van der Waals surface area contributed by atoms with Gasteiger partial charge in [-0.25, -0.2) is 0 Å². The zero-order valence-corrected chi connectivity index (χ0v) is 10.6. The number of ketones is 1. The maximum atomic E-state index is 12.2. The van der Waals surface area contributed by atoms with Gasteiger partial charge in [0.15, 0.2) is 5.78 Å². The van der Waals surface area contributed by atoms with E-state index in [9.17, 15) is 4.79 Å². The molecule has 1 N–H and O–H groups in total. The van der Waals surface area contributed by atoms with Crippen LogP contribution in [0.3, 0.4) is 0 Å². The number of rotatable bonds is 4. The lowest BCUT2D eigenvalue weighted by molar-refractivity contribution is 0.100. The molecule has 19 heavy (non-hydrogen) atoms. The second-order valence-corrected chi connectivity index (χ2v) is 4.54. The number of ether oxygens (including phenoxy) is 1. The molecular formula is C16H15NO2. The fraction of sp³-hybridized carbons (Fsp3) is 0.188. The number of para-hydroxylation sites is 2. The van der Waals surface area contributed by atoms with Gasteiger partial charge in [0.05, 0.1) is 18.7 Å². The van der Waals surface area contributed by atoms with Gasteiger partial charge in [-0.2, -0.15) is 0 Å². The highest BCUT2D eigenvalue weighted by atomic mass is 16.5. The van der Waals surface area contributed by atoms with Crippen LogP contribution < -0.4 is 10.1 Å². The summed E-state index contributed by atoms with van der Waals surface area (Å²) in [7, 11) is 0. The molecule has 0 aliphatic carbocycles. The van der Waals surface area contributed by atoms with Crippen molar-refractivity contribution in [1.29, 1.82) is 0 Å². The third-order valence-electron chi connectivity index (χ3n) is 3.24. The van der Waals surface area contributed by atoms with E-state index < -0.39 is 0 Å². The smallest absolute Gasteiger partial charge is 0.185 e. The summed E-state index contributed by atoms with van der Waals surface area (Å²) in [6, 6.07) is 15.5. The maximum absolute atomic E-state index is 12.2. The van der Waals surface area contributed by atoms with Crippen LogP contribution in [0, 0.1) is 0 Å². The summed E-state index contributed by atoms with van der Waals surface area (Å²) in [6.07, 6.45) is 0.891. The fourth-order valence-corrected chi connectivity index (χ4v) is 2.27. The third kappa shape index (κ3) is 2.45. The van der Waals surface area contributed by atoms with E-state index >= 15 is 0 Å². The molecule has 3 rings (SSSR count). The van der Waals surface area contributed by atoms with Crippen LogP contribution in [0.2, 0.25) is 0 Å². The van der Waals surface area contributed by atoms with Crippen LogP contribution in [0.15, 0.2) is 48.5 Å². The molecule has 1 aliphatic rings. The van der Waals surface area contributed by atoms with Crippen molar-refractivity contribution in [1.82, 2.24) is 0 Å². The number of nitrogens with one attached hydrogen (secondary N) is 1. The molecule has 2 aromatic rings. The van der Waals surface area contributed by atoms with Crippen molar-refractivity contribution in [2.75, 3.05) is 18.5 Å². The molecule has 0 atom stereocenters. The summed E-state index contributed by atoms with van der Waals surface area (Å²) >= 11 is 0. The zero-order chi connectivity index (χ0) is 13.1. The number of Topliss-reactive ketones (excluding diaryl/α,β-unsaturated/α-hetero) is 1. The molecule has 1 aliphatic heterocycles. The van der Waals surface area contributed by atoms with Crippen LogP contribution >= 0.6 is 0 Å². The topological polar surface area (TPSA) is 38.3 Å². The molecule has 3 heteroatoms. The van der Waals surface area contributed by atoms with Gasteiger partial charge in [-0.05, 0) is 23.8 Å². The first-order valence-electron chi connectivity index (χ1n) is 6.41. The van der Waals surface area contributed by atoms with Crippen molar-refractivity contribution in [2.45, 2.75) is 6.42 Å². The Kier molecular flexibility index (Phi) is 3.19. The highest BCUT2D eigenvalue weighted by Crippen LogP contribution is 2.29.